The van der Waals surface area contributed by atoms with Crippen LogP contribution in [0.5, 0.6) is 11.6 Å². The van der Waals surface area contributed by atoms with Crippen molar-refractivity contribution in [2.24, 2.45) is 5.92 Å². The van der Waals surface area contributed by atoms with E-state index in [9.17, 15) is 0 Å². The minimum absolute atomic E-state index is 0.620. The molecule has 1 fully saturated rings. The Bertz CT molecular complexity index is 955. The highest BCUT2D eigenvalue weighted by atomic mass is 16.5. The average Bonchev–Trinajstić information content (AvgIpc) is 2.77. The lowest BCUT2D eigenvalue weighted by molar-refractivity contribution is 0.157. The summed E-state index contributed by atoms with van der Waals surface area (Å²) >= 11 is 0. The van der Waals surface area contributed by atoms with Crippen molar-refractivity contribution < 1.29 is 9.47 Å². The van der Waals surface area contributed by atoms with Gasteiger partial charge < -0.3 is 19.7 Å². The zero-order valence-electron chi connectivity index (χ0n) is 17.1. The fourth-order valence-corrected chi connectivity index (χ4v) is 3.71. The van der Waals surface area contributed by atoms with Crippen LogP contribution in [0.3, 0.4) is 0 Å². The average molecular weight is 393 g/mol. The van der Waals surface area contributed by atoms with Gasteiger partial charge in [-0.3, -0.25) is 4.98 Å². The van der Waals surface area contributed by atoms with Crippen LogP contribution in [0.15, 0.2) is 48.9 Å². The highest BCUT2D eigenvalue weighted by Gasteiger charge is 2.17. The molecule has 6 heteroatoms. The molecule has 0 atom stereocenters. The molecule has 1 saturated heterocycles. The monoisotopic (exact) mass is 392 g/mol. The number of pyridine rings is 2. The van der Waals surface area contributed by atoms with Crippen molar-refractivity contribution in [3.8, 4) is 11.6 Å². The van der Waals surface area contributed by atoms with Crippen LogP contribution < -0.4 is 14.8 Å². The number of fused-ring (bicyclic) bond motifs is 1. The quantitative estimate of drug-likeness (QED) is 0.657. The van der Waals surface area contributed by atoms with E-state index in [0.717, 1.165) is 47.5 Å². The van der Waals surface area contributed by atoms with E-state index in [4.69, 9.17) is 9.47 Å². The molecule has 1 aromatic carbocycles. The number of hydrogen-bond donors (Lipinski definition) is 1. The summed E-state index contributed by atoms with van der Waals surface area (Å²) in [4.78, 5) is 10.9. The van der Waals surface area contributed by atoms with E-state index in [0.29, 0.717) is 18.3 Å². The van der Waals surface area contributed by atoms with Crippen molar-refractivity contribution in [3.63, 3.8) is 0 Å². The third-order valence-corrected chi connectivity index (χ3v) is 5.54. The molecular weight excluding hydrogens is 364 g/mol. The van der Waals surface area contributed by atoms with Gasteiger partial charge in [-0.15, -0.1) is 0 Å². The Kier molecular flexibility index (Phi) is 6.10. The number of rotatable bonds is 7. The summed E-state index contributed by atoms with van der Waals surface area (Å²) in [7, 11) is 3.86. The number of hydrogen-bond acceptors (Lipinski definition) is 6. The van der Waals surface area contributed by atoms with E-state index in [2.05, 4.69) is 33.3 Å². The molecule has 1 aliphatic heterocycles. The highest BCUT2D eigenvalue weighted by Crippen LogP contribution is 2.29. The van der Waals surface area contributed by atoms with Gasteiger partial charge in [-0.1, -0.05) is 0 Å². The number of nitrogens with one attached hydrogen (secondary N) is 1. The van der Waals surface area contributed by atoms with Crippen molar-refractivity contribution in [3.05, 3.63) is 54.5 Å². The Labute approximate surface area is 171 Å². The Balaban J connectivity index is 1.38. The van der Waals surface area contributed by atoms with Crippen LogP contribution in [0.2, 0.25) is 0 Å². The van der Waals surface area contributed by atoms with E-state index >= 15 is 0 Å². The smallest absolute Gasteiger partial charge is 0.213 e. The number of likely N-dealkylation sites (tertiary alicyclic amines) is 1. The zero-order chi connectivity index (χ0) is 20.1. The summed E-state index contributed by atoms with van der Waals surface area (Å²) in [5, 5.41) is 5.58. The third-order valence-electron chi connectivity index (χ3n) is 5.54. The van der Waals surface area contributed by atoms with E-state index < -0.39 is 0 Å². The van der Waals surface area contributed by atoms with Crippen molar-refractivity contribution in [2.45, 2.75) is 19.4 Å². The number of nitrogens with zero attached hydrogens (tertiary/aromatic N) is 3. The van der Waals surface area contributed by atoms with Crippen molar-refractivity contribution in [1.29, 1.82) is 0 Å². The molecule has 0 aliphatic carbocycles. The molecule has 3 heterocycles. The van der Waals surface area contributed by atoms with Gasteiger partial charge in [-0.25, -0.2) is 4.98 Å². The number of methoxy groups -OCH3 is 1. The highest BCUT2D eigenvalue weighted by molar-refractivity contribution is 5.90. The molecule has 4 rings (SSSR count). The molecule has 152 valence electrons. The molecule has 0 bridgehead atoms. The largest absolute Gasteiger partial charge is 0.496 e. The van der Waals surface area contributed by atoms with Gasteiger partial charge in [0.15, 0.2) is 0 Å². The first-order valence-corrected chi connectivity index (χ1v) is 10.1. The molecule has 0 amide bonds. The van der Waals surface area contributed by atoms with Crippen LogP contribution in [0, 0.1) is 5.92 Å². The molecule has 1 aliphatic rings. The van der Waals surface area contributed by atoms with Crippen LogP contribution >= 0.6 is 0 Å². The van der Waals surface area contributed by atoms with Gasteiger partial charge in [-0.2, -0.15) is 0 Å². The van der Waals surface area contributed by atoms with Gasteiger partial charge in [-0.05, 0) is 68.0 Å². The second-order valence-corrected chi connectivity index (χ2v) is 7.69. The minimum Gasteiger partial charge on any atom is -0.496 e. The molecule has 2 aromatic heterocycles. The summed E-state index contributed by atoms with van der Waals surface area (Å²) < 4.78 is 11.5. The molecule has 6 nitrogen and oxygen atoms in total. The lowest BCUT2D eigenvalue weighted by atomic mass is 9.98. The molecule has 0 unspecified atom stereocenters. The van der Waals surface area contributed by atoms with Crippen molar-refractivity contribution in [2.75, 3.05) is 39.2 Å². The molecule has 0 radical (unpaired) electrons. The maximum atomic E-state index is 5.98. The van der Waals surface area contributed by atoms with E-state index in [-0.39, 0.29) is 0 Å². The second kappa shape index (κ2) is 9.09. The molecule has 29 heavy (non-hydrogen) atoms. The Morgan fingerprint density at radius 3 is 2.83 bits per heavy atom. The Morgan fingerprint density at radius 2 is 2.00 bits per heavy atom. The number of aromatic nitrogens is 2. The maximum Gasteiger partial charge on any atom is 0.213 e. The van der Waals surface area contributed by atoms with Gasteiger partial charge in [0.2, 0.25) is 5.88 Å². The fraction of sp³-hybridized carbons (Fsp3) is 0.391. The molecule has 0 spiro atoms. The number of piperidine rings is 1. The van der Waals surface area contributed by atoms with E-state index in [1.54, 1.807) is 13.3 Å². The molecule has 0 saturated carbocycles. The summed E-state index contributed by atoms with van der Waals surface area (Å²) in [6.45, 7) is 3.73. The first-order chi connectivity index (χ1) is 14.2. The second-order valence-electron chi connectivity index (χ2n) is 7.69. The van der Waals surface area contributed by atoms with Gasteiger partial charge in [0, 0.05) is 48.3 Å². The predicted molar refractivity (Wildman–Crippen MR) is 116 cm³/mol. The standard InChI is InChI=1S/C23H28N4O2/c1-27-9-5-17(6-10-27)16-29-23-11-18(3-8-25-23)14-26-20-12-19-4-7-24-15-21(19)22(13-20)28-2/h3-4,7-8,11-13,15,17,26H,5-6,9-10,14,16H2,1-2H3. The normalized spacial score (nSPS) is 15.4. The lowest BCUT2D eigenvalue weighted by Crippen LogP contribution is -2.32. The number of anilines is 1. The van der Waals surface area contributed by atoms with Crippen LogP contribution in [0.1, 0.15) is 18.4 Å². The number of ether oxygens (including phenoxy) is 2. The minimum atomic E-state index is 0.620. The summed E-state index contributed by atoms with van der Waals surface area (Å²) in [6.07, 6.45) is 7.82. The zero-order valence-corrected chi connectivity index (χ0v) is 17.1. The fourth-order valence-electron chi connectivity index (χ4n) is 3.71. The van der Waals surface area contributed by atoms with Crippen LogP contribution in [-0.2, 0) is 6.54 Å². The summed E-state index contributed by atoms with van der Waals surface area (Å²) in [6, 6.07) is 10.1. The van der Waals surface area contributed by atoms with Gasteiger partial charge in [0.25, 0.3) is 0 Å². The van der Waals surface area contributed by atoms with Crippen LogP contribution in [-0.4, -0.2) is 48.7 Å². The third kappa shape index (κ3) is 4.95. The Morgan fingerprint density at radius 1 is 1.14 bits per heavy atom. The number of benzene rings is 1. The SMILES string of the molecule is COc1cc(NCc2ccnc(OCC3CCN(C)CC3)c2)cc2ccncc12. The maximum absolute atomic E-state index is 5.98. The van der Waals surface area contributed by atoms with Gasteiger partial charge >= 0.3 is 0 Å². The van der Waals surface area contributed by atoms with Crippen molar-refractivity contribution >= 4 is 16.5 Å². The van der Waals surface area contributed by atoms with Gasteiger partial charge in [0.1, 0.15) is 5.75 Å². The van der Waals surface area contributed by atoms with Crippen molar-refractivity contribution in [1.82, 2.24) is 14.9 Å². The van der Waals surface area contributed by atoms with Gasteiger partial charge in [0.05, 0.1) is 13.7 Å². The first kappa shape index (κ1) is 19.5. The van der Waals surface area contributed by atoms with E-state index in [1.807, 2.05) is 36.7 Å². The van der Waals surface area contributed by atoms with Crippen LogP contribution in [0.4, 0.5) is 5.69 Å². The summed E-state index contributed by atoms with van der Waals surface area (Å²) in [5.74, 6) is 2.13. The Hall–Kier alpha value is -2.86. The predicted octanol–water partition coefficient (Wildman–Crippen LogP) is 3.97. The van der Waals surface area contributed by atoms with E-state index in [1.165, 1.54) is 12.8 Å². The first-order valence-electron chi connectivity index (χ1n) is 10.1. The molecule has 1 N–H and O–H groups in total. The lowest BCUT2D eigenvalue weighted by Gasteiger charge is -2.28. The summed E-state index contributed by atoms with van der Waals surface area (Å²) in [5.41, 5.74) is 2.14. The van der Waals surface area contributed by atoms with Crippen LogP contribution in [0.25, 0.3) is 10.8 Å². The topological polar surface area (TPSA) is 59.5 Å². The molecule has 3 aromatic rings. The molecular formula is C23H28N4O2.